The van der Waals surface area contributed by atoms with Gasteiger partial charge in [-0.15, -0.1) is 11.3 Å². The number of hydrogen-bond donors (Lipinski definition) is 2. The van der Waals surface area contributed by atoms with E-state index in [1.54, 1.807) is 16.5 Å². The molecule has 2 N–H and O–H groups in total. The van der Waals surface area contributed by atoms with E-state index in [4.69, 9.17) is 4.74 Å². The number of alkyl halides is 2. The maximum Gasteiger partial charge on any atom is 0.338 e. The Hall–Kier alpha value is -3.32. The van der Waals surface area contributed by atoms with Crippen LogP contribution in [0.3, 0.4) is 0 Å². The third kappa shape index (κ3) is 5.05. The topological polar surface area (TPSA) is 104 Å². The molecule has 2 saturated heterocycles. The van der Waals surface area contributed by atoms with Crippen molar-refractivity contribution in [3.05, 3.63) is 62.7 Å². The van der Waals surface area contributed by atoms with Crippen LogP contribution in [0.15, 0.2) is 40.0 Å². The fraction of sp³-hybridized carbons (Fsp3) is 0.462. The zero-order chi connectivity index (χ0) is 28.1. The van der Waals surface area contributed by atoms with Crippen LogP contribution in [0.25, 0.3) is 0 Å². The summed E-state index contributed by atoms with van der Waals surface area (Å²) < 4.78 is 63.8. The van der Waals surface area contributed by atoms with Gasteiger partial charge in [0, 0.05) is 42.7 Å². The highest BCUT2D eigenvalue weighted by atomic mass is 32.1. The van der Waals surface area contributed by atoms with Crippen LogP contribution in [-0.4, -0.2) is 64.4 Å². The minimum Gasteiger partial charge on any atom is -0.481 e. The van der Waals surface area contributed by atoms with Crippen LogP contribution in [0.4, 0.5) is 17.6 Å². The summed E-state index contributed by atoms with van der Waals surface area (Å²) in [5.74, 6) is -7.14. The van der Waals surface area contributed by atoms with Crippen LogP contribution in [0.5, 0.6) is 0 Å². The van der Waals surface area contributed by atoms with Crippen molar-refractivity contribution in [2.75, 3.05) is 13.7 Å². The highest BCUT2D eigenvalue weighted by Gasteiger charge is 2.57. The zero-order valence-electron chi connectivity index (χ0n) is 21.1. The van der Waals surface area contributed by atoms with Gasteiger partial charge in [-0.25, -0.2) is 27.3 Å². The molecule has 208 valence electrons. The standard InChI is InChI=1S/C26H26F4N4O4S/c1-12-15(3-4-16(27)21(12)28)22-20(25(37)38-2)17(32-23(33-22)24-31-5-6-39-24)11-34-14-7-13(9-19(35)36)8-18(34)26(29,30)10-14/h3-6,13-14,18,22H,7-11H2,1-2H3,(H,32,33)(H,35,36)/t13-,14-,18+,22-/m0/s1. The maximum atomic E-state index is 15.1. The van der Waals surface area contributed by atoms with Gasteiger partial charge in [-0.05, 0) is 42.9 Å². The lowest BCUT2D eigenvalue weighted by Crippen LogP contribution is -2.50. The molecule has 2 fully saturated rings. The molecule has 1 aromatic heterocycles. The zero-order valence-corrected chi connectivity index (χ0v) is 21.9. The predicted molar refractivity (Wildman–Crippen MR) is 133 cm³/mol. The number of carbonyl (C=O) groups is 2. The average molecular weight is 567 g/mol. The van der Waals surface area contributed by atoms with Gasteiger partial charge in [0.05, 0.1) is 18.7 Å². The van der Waals surface area contributed by atoms with E-state index in [2.05, 4.69) is 15.3 Å². The first-order valence-corrected chi connectivity index (χ1v) is 13.2. The second-order valence-electron chi connectivity index (χ2n) is 10.0. The summed E-state index contributed by atoms with van der Waals surface area (Å²) in [6.07, 6.45) is 1.21. The van der Waals surface area contributed by atoms with Crippen LogP contribution in [0.1, 0.15) is 47.9 Å². The third-order valence-electron chi connectivity index (χ3n) is 7.67. The fourth-order valence-electron chi connectivity index (χ4n) is 5.93. The molecule has 4 heterocycles. The number of fused-ring (bicyclic) bond motifs is 2. The number of ether oxygens (including phenoxy) is 1. The van der Waals surface area contributed by atoms with Gasteiger partial charge in [0.1, 0.15) is 6.04 Å². The monoisotopic (exact) mass is 566 g/mol. The van der Waals surface area contributed by atoms with Crippen molar-refractivity contribution < 1.29 is 37.0 Å². The third-order valence-corrected chi connectivity index (χ3v) is 8.45. The van der Waals surface area contributed by atoms with Gasteiger partial charge >= 0.3 is 11.9 Å². The Morgan fingerprint density at radius 3 is 2.69 bits per heavy atom. The number of nitrogens with one attached hydrogen (secondary N) is 1. The lowest BCUT2D eigenvalue weighted by Gasteiger charge is -2.40. The highest BCUT2D eigenvalue weighted by molar-refractivity contribution is 7.11. The molecule has 0 amide bonds. The van der Waals surface area contributed by atoms with Crippen molar-refractivity contribution in [1.29, 1.82) is 0 Å². The number of piperidine rings is 1. The van der Waals surface area contributed by atoms with E-state index in [9.17, 15) is 23.5 Å². The van der Waals surface area contributed by atoms with E-state index in [0.29, 0.717) is 5.01 Å². The molecule has 3 aliphatic heterocycles. The summed E-state index contributed by atoms with van der Waals surface area (Å²) in [7, 11) is 1.16. The Balaban J connectivity index is 1.59. The number of aliphatic imine (C=N–C) groups is 1. The SMILES string of the molecule is COC(=O)C1=C(CN2[C@H]3C[C@H](CC(=O)O)C[C@@H]2C(F)(F)C3)NC(c2nccs2)=N[C@H]1c1ccc(F)c(F)c1C. The lowest BCUT2D eigenvalue weighted by atomic mass is 9.87. The van der Waals surface area contributed by atoms with Crippen molar-refractivity contribution >= 4 is 29.1 Å². The Morgan fingerprint density at radius 2 is 2.05 bits per heavy atom. The first kappa shape index (κ1) is 27.3. The van der Waals surface area contributed by atoms with E-state index in [1.807, 2.05) is 0 Å². The normalized spacial score (nSPS) is 26.3. The number of aliphatic carboxylic acids is 1. The van der Waals surface area contributed by atoms with Crippen LogP contribution < -0.4 is 5.32 Å². The number of carbonyl (C=O) groups excluding carboxylic acids is 1. The predicted octanol–water partition coefficient (Wildman–Crippen LogP) is 4.21. The number of hydrogen-bond acceptors (Lipinski definition) is 8. The molecular formula is C26H26F4N4O4S. The first-order valence-electron chi connectivity index (χ1n) is 12.4. The van der Waals surface area contributed by atoms with Gasteiger partial charge in [0.15, 0.2) is 22.5 Å². The summed E-state index contributed by atoms with van der Waals surface area (Å²) in [4.78, 5) is 34.9. The number of methoxy groups -OCH3 is 1. The van der Waals surface area contributed by atoms with E-state index in [1.165, 1.54) is 24.3 Å². The number of halogens is 4. The number of nitrogens with zero attached hydrogens (tertiary/aromatic N) is 3. The minimum atomic E-state index is -3.04. The number of carboxylic acids is 1. The summed E-state index contributed by atoms with van der Waals surface area (Å²) in [5, 5.41) is 14.5. The lowest BCUT2D eigenvalue weighted by molar-refractivity contribution is -0.139. The Kier molecular flexibility index (Phi) is 7.23. The molecule has 8 nitrogen and oxygen atoms in total. The van der Waals surface area contributed by atoms with Crippen LogP contribution in [0, 0.1) is 24.5 Å². The van der Waals surface area contributed by atoms with Crippen molar-refractivity contribution in [2.24, 2.45) is 10.9 Å². The van der Waals surface area contributed by atoms with Gasteiger partial charge in [0.25, 0.3) is 5.92 Å². The molecule has 39 heavy (non-hydrogen) atoms. The fourth-order valence-corrected chi connectivity index (χ4v) is 6.52. The second-order valence-corrected chi connectivity index (χ2v) is 10.9. The molecule has 0 saturated carbocycles. The van der Waals surface area contributed by atoms with E-state index >= 15 is 8.78 Å². The number of esters is 1. The smallest absolute Gasteiger partial charge is 0.338 e. The Morgan fingerprint density at radius 1 is 1.28 bits per heavy atom. The molecule has 0 spiro atoms. The van der Waals surface area contributed by atoms with Gasteiger partial charge in [-0.1, -0.05) is 6.07 Å². The molecule has 2 aromatic rings. The molecule has 0 aliphatic carbocycles. The highest BCUT2D eigenvalue weighted by Crippen LogP contribution is 2.49. The van der Waals surface area contributed by atoms with Crippen molar-refractivity contribution in [2.45, 2.75) is 56.7 Å². The number of benzene rings is 1. The molecular weight excluding hydrogens is 540 g/mol. The quantitative estimate of drug-likeness (QED) is 0.382. The molecule has 5 rings (SSSR count). The van der Waals surface area contributed by atoms with Gasteiger partial charge < -0.3 is 15.2 Å². The number of carboxylic acid groups (broad SMARTS) is 1. The summed E-state index contributed by atoms with van der Waals surface area (Å²) in [6, 6.07) is -0.671. The first-order chi connectivity index (χ1) is 18.5. The van der Waals surface area contributed by atoms with E-state index in [-0.39, 0.29) is 60.0 Å². The van der Waals surface area contributed by atoms with E-state index in [0.717, 1.165) is 13.2 Å². The molecule has 4 atom stereocenters. The largest absolute Gasteiger partial charge is 0.481 e. The van der Waals surface area contributed by atoms with Crippen LogP contribution in [-0.2, 0) is 14.3 Å². The summed E-state index contributed by atoms with van der Waals surface area (Å²) in [5.41, 5.74) is 0.393. The van der Waals surface area contributed by atoms with Crippen LogP contribution >= 0.6 is 11.3 Å². The Bertz CT molecular complexity index is 1360. The number of rotatable bonds is 7. The van der Waals surface area contributed by atoms with Gasteiger partial charge in [-0.2, -0.15) is 0 Å². The molecule has 2 bridgehead atoms. The number of amidine groups is 1. The second kappa shape index (κ2) is 10.3. The average Bonchev–Trinajstić information content (AvgIpc) is 3.46. The van der Waals surface area contributed by atoms with Crippen molar-refractivity contribution in [3.8, 4) is 0 Å². The van der Waals surface area contributed by atoms with Crippen molar-refractivity contribution in [1.82, 2.24) is 15.2 Å². The minimum absolute atomic E-state index is 0.00419. The molecule has 13 heteroatoms. The number of thiazole rings is 1. The van der Waals surface area contributed by atoms with Gasteiger partial charge in [-0.3, -0.25) is 14.7 Å². The van der Waals surface area contributed by atoms with Crippen LogP contribution in [0.2, 0.25) is 0 Å². The van der Waals surface area contributed by atoms with Crippen molar-refractivity contribution in [3.63, 3.8) is 0 Å². The van der Waals surface area contributed by atoms with E-state index < -0.39 is 54.0 Å². The molecule has 0 radical (unpaired) electrons. The van der Waals surface area contributed by atoms with Gasteiger partial charge in [0.2, 0.25) is 0 Å². The Labute approximate surface area is 225 Å². The molecule has 0 unspecified atom stereocenters. The number of aromatic nitrogens is 1. The summed E-state index contributed by atoms with van der Waals surface area (Å²) in [6.45, 7) is 1.26. The molecule has 3 aliphatic rings. The summed E-state index contributed by atoms with van der Waals surface area (Å²) >= 11 is 1.25. The molecule has 1 aromatic carbocycles. The maximum absolute atomic E-state index is 15.1.